The van der Waals surface area contributed by atoms with Gasteiger partial charge in [0, 0.05) is 12.0 Å². The zero-order valence-corrected chi connectivity index (χ0v) is 10.3. The van der Waals surface area contributed by atoms with Gasteiger partial charge >= 0.3 is 0 Å². The molecule has 0 spiro atoms. The summed E-state index contributed by atoms with van der Waals surface area (Å²) >= 11 is 0. The standard InChI is InChI=1S/C14H20O2/c1-4-6-12-13(9(2)3)14(15)10-7-5-8-11(10)16-12/h4,6,9,12-13H,5,7-8H2,1-3H3/b6-4+/t12-,13+/m0/s1. The third kappa shape index (κ3) is 1.81. The van der Waals surface area contributed by atoms with Crippen molar-refractivity contribution >= 4 is 5.78 Å². The van der Waals surface area contributed by atoms with E-state index in [0.717, 1.165) is 30.6 Å². The second kappa shape index (κ2) is 4.44. The van der Waals surface area contributed by atoms with Crippen LogP contribution in [0.15, 0.2) is 23.5 Å². The molecular formula is C14H20O2. The van der Waals surface area contributed by atoms with E-state index in [4.69, 9.17) is 4.74 Å². The van der Waals surface area contributed by atoms with Crippen LogP contribution in [0.4, 0.5) is 0 Å². The molecule has 1 heterocycles. The summed E-state index contributed by atoms with van der Waals surface area (Å²) in [5.74, 6) is 1.64. The third-order valence-corrected chi connectivity index (χ3v) is 3.50. The molecule has 2 heteroatoms. The third-order valence-electron chi connectivity index (χ3n) is 3.50. The monoisotopic (exact) mass is 220 g/mol. The van der Waals surface area contributed by atoms with Gasteiger partial charge in [0.2, 0.25) is 0 Å². The number of carbonyl (C=O) groups is 1. The van der Waals surface area contributed by atoms with E-state index in [-0.39, 0.29) is 12.0 Å². The van der Waals surface area contributed by atoms with Gasteiger partial charge in [0.05, 0.1) is 5.92 Å². The molecule has 88 valence electrons. The summed E-state index contributed by atoms with van der Waals surface area (Å²) in [4.78, 5) is 12.4. The van der Waals surface area contributed by atoms with Crippen LogP contribution in [0.2, 0.25) is 0 Å². The summed E-state index contributed by atoms with van der Waals surface area (Å²) < 4.78 is 5.97. The van der Waals surface area contributed by atoms with Crippen LogP contribution in [0.1, 0.15) is 40.0 Å². The lowest BCUT2D eigenvalue weighted by Gasteiger charge is -2.32. The normalized spacial score (nSPS) is 30.1. The van der Waals surface area contributed by atoms with Crippen LogP contribution in [-0.4, -0.2) is 11.9 Å². The smallest absolute Gasteiger partial charge is 0.169 e. The second-order valence-corrected chi connectivity index (χ2v) is 5.00. The van der Waals surface area contributed by atoms with Crippen LogP contribution in [-0.2, 0) is 9.53 Å². The van der Waals surface area contributed by atoms with Gasteiger partial charge in [-0.05, 0) is 31.8 Å². The molecule has 2 rings (SSSR count). The first-order valence-electron chi connectivity index (χ1n) is 6.21. The molecule has 0 saturated heterocycles. The molecule has 0 radical (unpaired) electrons. The lowest BCUT2D eigenvalue weighted by Crippen LogP contribution is -2.37. The summed E-state index contributed by atoms with van der Waals surface area (Å²) in [6, 6.07) is 0. The number of ether oxygens (including phenoxy) is 1. The molecule has 1 aliphatic heterocycles. The Labute approximate surface area is 97.4 Å². The van der Waals surface area contributed by atoms with Crippen molar-refractivity contribution < 1.29 is 9.53 Å². The van der Waals surface area contributed by atoms with Crippen molar-refractivity contribution in [3.8, 4) is 0 Å². The van der Waals surface area contributed by atoms with E-state index in [1.807, 2.05) is 19.1 Å². The number of hydrogen-bond acceptors (Lipinski definition) is 2. The molecule has 0 saturated carbocycles. The predicted octanol–water partition coefficient (Wildman–Crippen LogP) is 3.24. The molecule has 0 unspecified atom stereocenters. The van der Waals surface area contributed by atoms with E-state index in [0.29, 0.717) is 11.7 Å². The van der Waals surface area contributed by atoms with Gasteiger partial charge in [-0.25, -0.2) is 0 Å². The number of Topliss-reactive ketones (excluding diaryl/α,β-unsaturated/α-hetero) is 1. The van der Waals surface area contributed by atoms with Crippen molar-refractivity contribution in [2.75, 3.05) is 0 Å². The molecule has 0 amide bonds. The SMILES string of the molecule is C/C=C/[C@@H]1OC2=C(CCC2)C(=O)[C@@H]1C(C)C. The zero-order chi connectivity index (χ0) is 11.7. The maximum absolute atomic E-state index is 12.4. The predicted molar refractivity (Wildman–Crippen MR) is 63.9 cm³/mol. The first-order valence-corrected chi connectivity index (χ1v) is 6.21. The summed E-state index contributed by atoms with van der Waals surface area (Å²) in [6.45, 7) is 6.18. The van der Waals surface area contributed by atoms with Gasteiger partial charge in [-0.15, -0.1) is 0 Å². The Bertz CT molecular complexity index is 350. The summed E-state index contributed by atoms with van der Waals surface area (Å²) in [6.07, 6.45) is 6.89. The van der Waals surface area contributed by atoms with Crippen molar-refractivity contribution in [2.45, 2.75) is 46.1 Å². The fourth-order valence-corrected chi connectivity index (χ4v) is 2.73. The number of ketones is 1. The van der Waals surface area contributed by atoms with E-state index in [1.54, 1.807) is 0 Å². The van der Waals surface area contributed by atoms with Gasteiger partial charge in [0.15, 0.2) is 5.78 Å². The molecule has 0 fully saturated rings. The molecule has 0 aromatic carbocycles. The Morgan fingerprint density at radius 1 is 1.38 bits per heavy atom. The summed E-state index contributed by atoms with van der Waals surface area (Å²) in [5.41, 5.74) is 0.972. The minimum absolute atomic E-state index is 0.00745. The van der Waals surface area contributed by atoms with Crippen LogP contribution in [0.3, 0.4) is 0 Å². The van der Waals surface area contributed by atoms with E-state index in [9.17, 15) is 4.79 Å². The number of rotatable bonds is 2. The van der Waals surface area contributed by atoms with E-state index in [1.165, 1.54) is 0 Å². The van der Waals surface area contributed by atoms with Gasteiger partial charge in [0.1, 0.15) is 11.9 Å². The fraction of sp³-hybridized carbons (Fsp3) is 0.643. The van der Waals surface area contributed by atoms with Crippen molar-refractivity contribution in [3.63, 3.8) is 0 Å². The molecule has 1 aliphatic carbocycles. The Balaban J connectivity index is 2.32. The van der Waals surface area contributed by atoms with Crippen LogP contribution < -0.4 is 0 Å². The van der Waals surface area contributed by atoms with Crippen molar-refractivity contribution in [2.24, 2.45) is 11.8 Å². The zero-order valence-electron chi connectivity index (χ0n) is 10.3. The largest absolute Gasteiger partial charge is 0.490 e. The van der Waals surface area contributed by atoms with Gasteiger partial charge in [0.25, 0.3) is 0 Å². The molecule has 2 atom stereocenters. The Morgan fingerprint density at radius 3 is 2.75 bits per heavy atom. The minimum atomic E-state index is -0.0469. The molecular weight excluding hydrogens is 200 g/mol. The van der Waals surface area contributed by atoms with E-state index in [2.05, 4.69) is 13.8 Å². The van der Waals surface area contributed by atoms with Gasteiger partial charge in [-0.2, -0.15) is 0 Å². The molecule has 2 aliphatic rings. The topological polar surface area (TPSA) is 26.3 Å². The molecule has 16 heavy (non-hydrogen) atoms. The van der Waals surface area contributed by atoms with Gasteiger partial charge in [-0.3, -0.25) is 4.79 Å². The first kappa shape index (κ1) is 11.4. The minimum Gasteiger partial charge on any atom is -0.490 e. The van der Waals surface area contributed by atoms with Crippen LogP contribution in [0.25, 0.3) is 0 Å². The molecule has 0 aromatic heterocycles. The Kier molecular flexibility index (Phi) is 3.17. The quantitative estimate of drug-likeness (QED) is 0.668. The molecule has 0 aromatic rings. The van der Waals surface area contributed by atoms with Gasteiger partial charge in [-0.1, -0.05) is 19.9 Å². The molecule has 0 bridgehead atoms. The van der Waals surface area contributed by atoms with Crippen LogP contribution in [0, 0.1) is 11.8 Å². The summed E-state index contributed by atoms with van der Waals surface area (Å²) in [7, 11) is 0. The number of hydrogen-bond donors (Lipinski definition) is 0. The second-order valence-electron chi connectivity index (χ2n) is 5.00. The van der Waals surface area contributed by atoms with Crippen molar-refractivity contribution in [1.82, 2.24) is 0 Å². The van der Waals surface area contributed by atoms with Crippen LogP contribution >= 0.6 is 0 Å². The maximum atomic E-state index is 12.4. The molecule has 0 N–H and O–H groups in total. The number of allylic oxidation sites excluding steroid dienone is 3. The Morgan fingerprint density at radius 2 is 2.12 bits per heavy atom. The lowest BCUT2D eigenvalue weighted by atomic mass is 9.81. The van der Waals surface area contributed by atoms with Crippen molar-refractivity contribution in [3.05, 3.63) is 23.5 Å². The summed E-state index contributed by atoms with van der Waals surface area (Å²) in [5, 5.41) is 0. The molecule has 2 nitrogen and oxygen atoms in total. The average Bonchev–Trinajstić information content (AvgIpc) is 2.65. The maximum Gasteiger partial charge on any atom is 0.169 e. The number of carbonyl (C=O) groups excluding carboxylic acids is 1. The lowest BCUT2D eigenvalue weighted by molar-refractivity contribution is -0.126. The van der Waals surface area contributed by atoms with Gasteiger partial charge < -0.3 is 4.74 Å². The van der Waals surface area contributed by atoms with Crippen LogP contribution in [0.5, 0.6) is 0 Å². The van der Waals surface area contributed by atoms with E-state index >= 15 is 0 Å². The fourth-order valence-electron chi connectivity index (χ4n) is 2.73. The first-order chi connectivity index (χ1) is 7.65. The van der Waals surface area contributed by atoms with E-state index < -0.39 is 0 Å². The average molecular weight is 220 g/mol. The highest BCUT2D eigenvalue weighted by atomic mass is 16.5. The highest BCUT2D eigenvalue weighted by Gasteiger charge is 2.40. The van der Waals surface area contributed by atoms with Crippen molar-refractivity contribution in [1.29, 1.82) is 0 Å². The highest BCUT2D eigenvalue weighted by molar-refractivity contribution is 5.99. The Hall–Kier alpha value is -1.05. The highest BCUT2D eigenvalue weighted by Crippen LogP contribution is 2.39.